The standard InChI is InChI=1S/C12H21F3N2O/c1-8-4-3-5-10(6-8)17-9(2)11(18)16-7-12(13,14)15/h8-10,17H,3-7H2,1-2H3,(H,16,18). The van der Waals surface area contributed by atoms with Gasteiger partial charge in [0.15, 0.2) is 0 Å². The first-order chi connectivity index (χ1) is 8.28. The van der Waals surface area contributed by atoms with E-state index in [1.165, 1.54) is 6.42 Å². The number of alkyl halides is 3. The Labute approximate surface area is 106 Å². The van der Waals surface area contributed by atoms with Gasteiger partial charge in [-0.15, -0.1) is 0 Å². The first-order valence-electron chi connectivity index (χ1n) is 6.38. The van der Waals surface area contributed by atoms with E-state index in [-0.39, 0.29) is 6.04 Å². The van der Waals surface area contributed by atoms with Crippen molar-refractivity contribution in [3.63, 3.8) is 0 Å². The molecule has 0 aromatic carbocycles. The molecule has 0 radical (unpaired) electrons. The van der Waals surface area contributed by atoms with Crippen molar-refractivity contribution >= 4 is 5.91 Å². The molecule has 0 spiro atoms. The average molecular weight is 266 g/mol. The first kappa shape index (κ1) is 15.3. The fourth-order valence-corrected chi connectivity index (χ4v) is 2.36. The maximum Gasteiger partial charge on any atom is 0.405 e. The predicted octanol–water partition coefficient (Wildman–Crippen LogP) is 2.22. The number of carbonyl (C=O) groups excluding carboxylic acids is 1. The smallest absolute Gasteiger partial charge is 0.346 e. The van der Waals surface area contributed by atoms with Crippen molar-refractivity contribution in [2.75, 3.05) is 6.54 Å². The summed E-state index contributed by atoms with van der Waals surface area (Å²) in [5, 5.41) is 5.00. The molecule has 6 heteroatoms. The molecule has 106 valence electrons. The Hall–Kier alpha value is -0.780. The van der Waals surface area contributed by atoms with Crippen LogP contribution in [0.2, 0.25) is 0 Å². The van der Waals surface area contributed by atoms with Crippen molar-refractivity contribution in [2.45, 2.75) is 57.8 Å². The van der Waals surface area contributed by atoms with Crippen molar-refractivity contribution in [3.05, 3.63) is 0 Å². The van der Waals surface area contributed by atoms with Crippen LogP contribution in [0.25, 0.3) is 0 Å². The Morgan fingerprint density at radius 1 is 1.39 bits per heavy atom. The zero-order valence-electron chi connectivity index (χ0n) is 10.8. The maximum atomic E-state index is 12.0. The monoisotopic (exact) mass is 266 g/mol. The molecule has 1 saturated carbocycles. The SMILES string of the molecule is CC1CCCC(NC(C)C(=O)NCC(F)(F)F)C1. The van der Waals surface area contributed by atoms with Crippen LogP contribution < -0.4 is 10.6 Å². The molecule has 0 saturated heterocycles. The zero-order valence-corrected chi connectivity index (χ0v) is 10.8. The highest BCUT2D eigenvalue weighted by atomic mass is 19.4. The second-order valence-electron chi connectivity index (χ2n) is 5.19. The summed E-state index contributed by atoms with van der Waals surface area (Å²) in [5.41, 5.74) is 0. The number of hydrogen-bond acceptors (Lipinski definition) is 2. The number of nitrogens with one attached hydrogen (secondary N) is 2. The predicted molar refractivity (Wildman–Crippen MR) is 63.1 cm³/mol. The van der Waals surface area contributed by atoms with Crippen LogP contribution in [0, 0.1) is 5.92 Å². The lowest BCUT2D eigenvalue weighted by molar-refractivity contribution is -0.139. The number of rotatable bonds is 4. The second-order valence-corrected chi connectivity index (χ2v) is 5.19. The molecular formula is C12H21F3N2O. The topological polar surface area (TPSA) is 41.1 Å². The van der Waals surface area contributed by atoms with Gasteiger partial charge in [-0.25, -0.2) is 0 Å². The molecule has 3 unspecified atom stereocenters. The highest BCUT2D eigenvalue weighted by Gasteiger charge is 2.29. The van der Waals surface area contributed by atoms with Gasteiger partial charge in [0.25, 0.3) is 0 Å². The molecule has 0 heterocycles. The fourth-order valence-electron chi connectivity index (χ4n) is 2.36. The van der Waals surface area contributed by atoms with E-state index in [0.29, 0.717) is 5.92 Å². The summed E-state index contributed by atoms with van der Waals surface area (Å²) in [6.45, 7) is 2.49. The van der Waals surface area contributed by atoms with Gasteiger partial charge in [-0.1, -0.05) is 19.8 Å². The fraction of sp³-hybridized carbons (Fsp3) is 0.917. The molecule has 3 atom stereocenters. The van der Waals surface area contributed by atoms with Gasteiger partial charge in [-0.05, 0) is 25.7 Å². The van der Waals surface area contributed by atoms with Crippen molar-refractivity contribution in [2.24, 2.45) is 5.92 Å². The van der Waals surface area contributed by atoms with Crippen molar-refractivity contribution in [3.8, 4) is 0 Å². The molecule has 0 bridgehead atoms. The molecule has 0 aromatic heterocycles. The van der Waals surface area contributed by atoms with Gasteiger partial charge < -0.3 is 10.6 Å². The van der Waals surface area contributed by atoms with Crippen LogP contribution >= 0.6 is 0 Å². The van der Waals surface area contributed by atoms with E-state index in [0.717, 1.165) is 19.3 Å². The Morgan fingerprint density at radius 2 is 2.06 bits per heavy atom. The van der Waals surface area contributed by atoms with Crippen LogP contribution in [0.1, 0.15) is 39.5 Å². The Bertz CT molecular complexity index is 281. The van der Waals surface area contributed by atoms with Crippen LogP contribution in [0.3, 0.4) is 0 Å². The maximum absolute atomic E-state index is 12.0. The van der Waals surface area contributed by atoms with Crippen molar-refractivity contribution < 1.29 is 18.0 Å². The molecule has 3 nitrogen and oxygen atoms in total. The summed E-state index contributed by atoms with van der Waals surface area (Å²) in [6, 6.07) is -0.344. The molecule has 0 aromatic rings. The lowest BCUT2D eigenvalue weighted by Crippen LogP contribution is -2.49. The first-order valence-corrected chi connectivity index (χ1v) is 6.38. The number of hydrogen-bond donors (Lipinski definition) is 2. The molecule has 0 aliphatic heterocycles. The van der Waals surface area contributed by atoms with Crippen LogP contribution in [-0.2, 0) is 4.79 Å². The van der Waals surface area contributed by atoms with Gasteiger partial charge in [0.1, 0.15) is 6.54 Å². The Morgan fingerprint density at radius 3 is 2.61 bits per heavy atom. The van der Waals surface area contributed by atoms with Gasteiger partial charge in [-0.3, -0.25) is 4.79 Å². The molecule has 18 heavy (non-hydrogen) atoms. The molecule has 1 fully saturated rings. The third-order valence-electron chi connectivity index (χ3n) is 3.28. The normalized spacial score (nSPS) is 26.7. The van der Waals surface area contributed by atoms with E-state index in [4.69, 9.17) is 0 Å². The van der Waals surface area contributed by atoms with Gasteiger partial charge in [0, 0.05) is 6.04 Å². The average Bonchev–Trinajstić information content (AvgIpc) is 2.24. The highest BCUT2D eigenvalue weighted by Crippen LogP contribution is 2.23. The molecule has 1 aliphatic rings. The molecule has 1 aliphatic carbocycles. The van der Waals surface area contributed by atoms with E-state index in [1.54, 1.807) is 6.92 Å². The quantitative estimate of drug-likeness (QED) is 0.819. The highest BCUT2D eigenvalue weighted by molar-refractivity contribution is 5.81. The summed E-state index contributed by atoms with van der Waals surface area (Å²) in [5.74, 6) is 0.0206. The minimum Gasteiger partial charge on any atom is -0.346 e. The minimum atomic E-state index is -4.35. The van der Waals surface area contributed by atoms with E-state index in [9.17, 15) is 18.0 Å². The van der Waals surface area contributed by atoms with Gasteiger partial charge in [0.2, 0.25) is 5.91 Å². The Kier molecular flexibility index (Phi) is 5.44. The van der Waals surface area contributed by atoms with Crippen LogP contribution in [0.15, 0.2) is 0 Å². The summed E-state index contributed by atoms with van der Waals surface area (Å²) >= 11 is 0. The van der Waals surface area contributed by atoms with E-state index in [2.05, 4.69) is 12.2 Å². The van der Waals surface area contributed by atoms with Crippen LogP contribution in [0.4, 0.5) is 13.2 Å². The van der Waals surface area contributed by atoms with Crippen LogP contribution in [0.5, 0.6) is 0 Å². The van der Waals surface area contributed by atoms with E-state index >= 15 is 0 Å². The molecule has 2 N–H and O–H groups in total. The van der Waals surface area contributed by atoms with Crippen LogP contribution in [-0.4, -0.2) is 30.7 Å². The van der Waals surface area contributed by atoms with Gasteiger partial charge >= 0.3 is 6.18 Å². The van der Waals surface area contributed by atoms with Crippen molar-refractivity contribution in [1.82, 2.24) is 10.6 Å². The molecule has 1 rings (SSSR count). The van der Waals surface area contributed by atoms with Gasteiger partial charge in [0.05, 0.1) is 6.04 Å². The van der Waals surface area contributed by atoms with Crippen molar-refractivity contribution in [1.29, 1.82) is 0 Å². The van der Waals surface area contributed by atoms with E-state index < -0.39 is 24.7 Å². The largest absolute Gasteiger partial charge is 0.405 e. The Balaban J connectivity index is 2.30. The summed E-state index contributed by atoms with van der Waals surface area (Å²) < 4.78 is 35.9. The minimum absolute atomic E-state index is 0.236. The lowest BCUT2D eigenvalue weighted by atomic mass is 9.87. The van der Waals surface area contributed by atoms with Gasteiger partial charge in [-0.2, -0.15) is 13.2 Å². The number of carbonyl (C=O) groups is 1. The molecule has 1 amide bonds. The second kappa shape index (κ2) is 6.41. The summed E-state index contributed by atoms with van der Waals surface area (Å²) in [4.78, 5) is 11.5. The number of halogens is 3. The molecular weight excluding hydrogens is 245 g/mol. The lowest BCUT2D eigenvalue weighted by Gasteiger charge is -2.29. The number of amides is 1. The summed E-state index contributed by atoms with van der Waals surface area (Å²) in [6.07, 6.45) is -0.0879. The van der Waals surface area contributed by atoms with E-state index in [1.807, 2.05) is 5.32 Å². The summed E-state index contributed by atoms with van der Waals surface area (Å²) in [7, 11) is 0. The third kappa shape index (κ3) is 5.71. The third-order valence-corrected chi connectivity index (χ3v) is 3.28. The zero-order chi connectivity index (χ0) is 13.8.